The van der Waals surface area contributed by atoms with E-state index in [-0.39, 0.29) is 24.2 Å². The lowest BCUT2D eigenvalue weighted by Gasteiger charge is -2.06. The summed E-state index contributed by atoms with van der Waals surface area (Å²) < 4.78 is 13.5. The molecule has 0 spiro atoms. The summed E-state index contributed by atoms with van der Waals surface area (Å²) in [4.78, 5) is 12.0. The standard InChI is InChI=1S/C15H10Cl3FO/c16-11-3-4-15(19)10(5-11)7-13(20)6-9-1-2-12(17)8-14(9)18/h1-5,8H,6-7H2. The van der Waals surface area contributed by atoms with Gasteiger partial charge in [-0.1, -0.05) is 40.9 Å². The van der Waals surface area contributed by atoms with Gasteiger partial charge in [0.1, 0.15) is 11.6 Å². The minimum absolute atomic E-state index is 0.0225. The van der Waals surface area contributed by atoms with Gasteiger partial charge < -0.3 is 0 Å². The summed E-state index contributed by atoms with van der Waals surface area (Å²) in [5.74, 6) is -0.583. The Morgan fingerprint density at radius 3 is 2.20 bits per heavy atom. The Kier molecular flexibility index (Phi) is 5.03. The van der Waals surface area contributed by atoms with Crippen LogP contribution in [0.15, 0.2) is 36.4 Å². The molecule has 0 heterocycles. The summed E-state index contributed by atoms with van der Waals surface area (Å²) in [5.41, 5.74) is 0.955. The van der Waals surface area contributed by atoms with Crippen LogP contribution in [0.5, 0.6) is 0 Å². The summed E-state index contributed by atoms with van der Waals surface area (Å²) in [5, 5.41) is 1.34. The van der Waals surface area contributed by atoms with Gasteiger partial charge in [0.25, 0.3) is 0 Å². The molecular formula is C15H10Cl3FO. The molecular weight excluding hydrogens is 322 g/mol. The maximum atomic E-state index is 13.5. The molecule has 0 aliphatic carbocycles. The Morgan fingerprint density at radius 2 is 1.50 bits per heavy atom. The fourth-order valence-corrected chi connectivity index (χ4v) is 2.50. The number of carbonyl (C=O) groups is 1. The lowest BCUT2D eigenvalue weighted by molar-refractivity contribution is -0.117. The third kappa shape index (κ3) is 3.95. The number of ketones is 1. The van der Waals surface area contributed by atoms with E-state index in [9.17, 15) is 9.18 Å². The van der Waals surface area contributed by atoms with Gasteiger partial charge in [0.2, 0.25) is 0 Å². The Labute approximate surface area is 131 Å². The molecule has 0 unspecified atom stereocenters. The van der Waals surface area contributed by atoms with Gasteiger partial charge in [0.05, 0.1) is 0 Å². The number of carbonyl (C=O) groups excluding carboxylic acids is 1. The highest BCUT2D eigenvalue weighted by Crippen LogP contribution is 2.22. The lowest BCUT2D eigenvalue weighted by Crippen LogP contribution is -2.08. The Hall–Kier alpha value is -1.09. The molecule has 0 aliphatic rings. The van der Waals surface area contributed by atoms with Crippen LogP contribution in [0.25, 0.3) is 0 Å². The summed E-state index contributed by atoms with van der Waals surface area (Å²) in [7, 11) is 0. The molecule has 2 aromatic rings. The smallest absolute Gasteiger partial charge is 0.141 e. The van der Waals surface area contributed by atoms with Crippen molar-refractivity contribution in [3.63, 3.8) is 0 Å². The third-order valence-corrected chi connectivity index (χ3v) is 3.62. The second-order valence-electron chi connectivity index (χ2n) is 4.36. The fourth-order valence-electron chi connectivity index (χ4n) is 1.83. The SMILES string of the molecule is O=C(Cc1cc(Cl)ccc1F)Cc1ccc(Cl)cc1Cl. The van der Waals surface area contributed by atoms with Crippen molar-refractivity contribution in [3.05, 3.63) is 68.4 Å². The molecule has 0 bridgehead atoms. The van der Waals surface area contributed by atoms with Crippen molar-refractivity contribution in [1.29, 1.82) is 0 Å². The second-order valence-corrected chi connectivity index (χ2v) is 5.64. The minimum atomic E-state index is -0.440. The van der Waals surface area contributed by atoms with Crippen LogP contribution in [0, 0.1) is 5.82 Å². The minimum Gasteiger partial charge on any atom is -0.299 e. The predicted octanol–water partition coefficient (Wildman–Crippen LogP) is 5.14. The molecule has 0 radical (unpaired) electrons. The van der Waals surface area contributed by atoms with Gasteiger partial charge >= 0.3 is 0 Å². The number of benzene rings is 2. The molecule has 0 saturated carbocycles. The van der Waals surface area contributed by atoms with Gasteiger partial charge in [-0.15, -0.1) is 0 Å². The molecule has 0 fully saturated rings. The molecule has 2 aromatic carbocycles. The van der Waals surface area contributed by atoms with Crippen molar-refractivity contribution in [2.75, 3.05) is 0 Å². The van der Waals surface area contributed by atoms with Gasteiger partial charge in [-0.3, -0.25) is 4.79 Å². The summed E-state index contributed by atoms with van der Waals surface area (Å²) in [6.45, 7) is 0. The number of halogens is 4. The van der Waals surface area contributed by atoms with Crippen molar-refractivity contribution in [2.45, 2.75) is 12.8 Å². The van der Waals surface area contributed by atoms with Crippen molar-refractivity contribution >= 4 is 40.6 Å². The van der Waals surface area contributed by atoms with Gasteiger partial charge in [-0.2, -0.15) is 0 Å². The van der Waals surface area contributed by atoms with Gasteiger partial charge in [0.15, 0.2) is 0 Å². The predicted molar refractivity (Wildman–Crippen MR) is 80.3 cm³/mol. The highest BCUT2D eigenvalue weighted by molar-refractivity contribution is 6.35. The molecule has 2 rings (SSSR count). The first-order valence-electron chi connectivity index (χ1n) is 5.85. The Bertz CT molecular complexity index is 656. The van der Waals surface area contributed by atoms with Gasteiger partial charge in [-0.05, 0) is 41.5 Å². The lowest BCUT2D eigenvalue weighted by atomic mass is 10.0. The van der Waals surface area contributed by atoms with E-state index in [2.05, 4.69) is 0 Å². The van der Waals surface area contributed by atoms with E-state index in [1.54, 1.807) is 18.2 Å². The Balaban J connectivity index is 2.11. The zero-order chi connectivity index (χ0) is 14.7. The fraction of sp³-hybridized carbons (Fsp3) is 0.133. The van der Waals surface area contributed by atoms with Crippen molar-refractivity contribution in [3.8, 4) is 0 Å². The van der Waals surface area contributed by atoms with Crippen LogP contribution in [-0.4, -0.2) is 5.78 Å². The maximum absolute atomic E-state index is 13.5. The number of rotatable bonds is 4. The highest BCUT2D eigenvalue weighted by atomic mass is 35.5. The molecule has 20 heavy (non-hydrogen) atoms. The number of hydrogen-bond acceptors (Lipinski definition) is 1. The Morgan fingerprint density at radius 1 is 0.900 bits per heavy atom. The largest absolute Gasteiger partial charge is 0.299 e. The van der Waals surface area contributed by atoms with E-state index in [1.807, 2.05) is 0 Å². The van der Waals surface area contributed by atoms with Crippen LogP contribution in [0.4, 0.5) is 4.39 Å². The number of Topliss-reactive ketones (excluding diaryl/α,β-unsaturated/α-hetero) is 1. The van der Waals surface area contributed by atoms with E-state index in [4.69, 9.17) is 34.8 Å². The van der Waals surface area contributed by atoms with Crippen LogP contribution in [0.1, 0.15) is 11.1 Å². The molecule has 1 nitrogen and oxygen atoms in total. The van der Waals surface area contributed by atoms with Gasteiger partial charge in [-0.25, -0.2) is 4.39 Å². The number of hydrogen-bond donors (Lipinski definition) is 0. The normalized spacial score (nSPS) is 10.6. The van der Waals surface area contributed by atoms with E-state index < -0.39 is 5.82 Å². The summed E-state index contributed by atoms with van der Waals surface area (Å²) in [6.07, 6.45) is 0.104. The average molecular weight is 332 g/mol. The monoisotopic (exact) mass is 330 g/mol. The molecule has 5 heteroatoms. The first-order valence-corrected chi connectivity index (χ1v) is 6.98. The zero-order valence-electron chi connectivity index (χ0n) is 10.3. The zero-order valence-corrected chi connectivity index (χ0v) is 12.6. The first-order chi connectivity index (χ1) is 9.45. The quantitative estimate of drug-likeness (QED) is 0.758. The third-order valence-electron chi connectivity index (χ3n) is 2.80. The van der Waals surface area contributed by atoms with Crippen molar-refractivity contribution in [1.82, 2.24) is 0 Å². The van der Waals surface area contributed by atoms with Crippen molar-refractivity contribution in [2.24, 2.45) is 0 Å². The molecule has 0 N–H and O–H groups in total. The van der Waals surface area contributed by atoms with Crippen molar-refractivity contribution < 1.29 is 9.18 Å². The molecule has 0 atom stereocenters. The van der Waals surface area contributed by atoms with E-state index in [1.165, 1.54) is 18.2 Å². The van der Waals surface area contributed by atoms with E-state index in [0.29, 0.717) is 20.6 Å². The van der Waals surface area contributed by atoms with E-state index in [0.717, 1.165) is 0 Å². The van der Waals surface area contributed by atoms with Gasteiger partial charge in [0, 0.05) is 27.9 Å². The molecule has 0 saturated heterocycles. The molecule has 0 aromatic heterocycles. The van der Waals surface area contributed by atoms with Crippen LogP contribution < -0.4 is 0 Å². The van der Waals surface area contributed by atoms with Crippen LogP contribution >= 0.6 is 34.8 Å². The first kappa shape index (κ1) is 15.3. The van der Waals surface area contributed by atoms with Crippen LogP contribution in [0.2, 0.25) is 15.1 Å². The highest BCUT2D eigenvalue weighted by Gasteiger charge is 2.12. The summed E-state index contributed by atoms with van der Waals surface area (Å²) in [6, 6.07) is 9.08. The van der Waals surface area contributed by atoms with Crippen LogP contribution in [-0.2, 0) is 17.6 Å². The average Bonchev–Trinajstić information content (AvgIpc) is 2.37. The molecule has 0 amide bonds. The van der Waals surface area contributed by atoms with Crippen LogP contribution in [0.3, 0.4) is 0 Å². The maximum Gasteiger partial charge on any atom is 0.141 e. The summed E-state index contributed by atoms with van der Waals surface area (Å²) >= 11 is 17.6. The van der Waals surface area contributed by atoms with E-state index >= 15 is 0 Å². The molecule has 0 aliphatic heterocycles. The molecule has 104 valence electrons. The second kappa shape index (κ2) is 6.57. The topological polar surface area (TPSA) is 17.1 Å².